The number of pyridine rings is 1. The highest BCUT2D eigenvalue weighted by Crippen LogP contribution is 2.28. The highest BCUT2D eigenvalue weighted by atomic mass is 19.3. The van der Waals surface area contributed by atoms with Gasteiger partial charge in [-0.25, -0.2) is 4.98 Å². The van der Waals surface area contributed by atoms with Gasteiger partial charge in [-0.15, -0.1) is 10.2 Å². The zero-order valence-corrected chi connectivity index (χ0v) is 18.6. The quantitative estimate of drug-likeness (QED) is 0.345. The lowest BCUT2D eigenvalue weighted by molar-refractivity contribution is -0.187. The van der Waals surface area contributed by atoms with Crippen molar-refractivity contribution in [2.24, 2.45) is 0 Å². The van der Waals surface area contributed by atoms with Crippen LogP contribution in [0, 0.1) is 0 Å². The molecule has 11 heteroatoms. The molecule has 0 fully saturated rings. The number of para-hydroxylation sites is 2. The predicted molar refractivity (Wildman–Crippen MR) is 126 cm³/mol. The Labute approximate surface area is 203 Å². The maximum atomic E-state index is 14.3. The van der Waals surface area contributed by atoms with Crippen molar-refractivity contribution in [1.29, 1.82) is 0 Å². The molecule has 0 aliphatic heterocycles. The zero-order chi connectivity index (χ0) is 25.0. The summed E-state index contributed by atoms with van der Waals surface area (Å²) in [5, 5.41) is 13.6. The van der Waals surface area contributed by atoms with Crippen molar-refractivity contribution in [2.45, 2.75) is 12.7 Å². The Kier molecular flexibility index (Phi) is 6.18. The van der Waals surface area contributed by atoms with E-state index in [9.17, 15) is 13.6 Å². The number of carbonyl (C=O) groups is 1. The first-order chi connectivity index (χ1) is 17.5. The molecular weight excluding hydrogens is 470 g/mol. The molecule has 5 rings (SSSR count). The fourth-order valence-corrected chi connectivity index (χ4v) is 3.45. The average molecular weight is 488 g/mol. The van der Waals surface area contributed by atoms with E-state index in [1.165, 1.54) is 30.3 Å². The summed E-state index contributed by atoms with van der Waals surface area (Å²) in [5.41, 5.74) is 2.50. The number of carbonyl (C=O) groups excluding carboxylic acids is 1. The van der Waals surface area contributed by atoms with Gasteiger partial charge in [-0.2, -0.15) is 8.78 Å². The predicted octanol–water partition coefficient (Wildman–Crippen LogP) is 4.40. The van der Waals surface area contributed by atoms with Crippen LogP contribution in [0.5, 0.6) is 11.6 Å². The van der Waals surface area contributed by atoms with Crippen molar-refractivity contribution in [3.05, 3.63) is 96.8 Å². The standard InChI is InChI=1S/C25H18F2N6O3/c26-25(27,36-19-11-5-2-6-12-19)24(34)30-22-13-7-8-17(29-22)16-35-23-14-20-21(15-28-32-31-20)33(23)18-9-3-1-4-10-18/h1-15H,16H2,(H,29,30,34). The Hall–Kier alpha value is -4.93. The molecule has 0 atom stereocenters. The number of hydrogen-bond donors (Lipinski definition) is 1. The van der Waals surface area contributed by atoms with E-state index in [4.69, 9.17) is 4.74 Å². The van der Waals surface area contributed by atoms with Crippen molar-refractivity contribution in [3.8, 4) is 17.3 Å². The number of halogens is 2. The second-order valence-electron chi connectivity index (χ2n) is 7.55. The van der Waals surface area contributed by atoms with E-state index in [1.807, 2.05) is 34.9 Å². The van der Waals surface area contributed by atoms with Crippen molar-refractivity contribution >= 4 is 22.8 Å². The summed E-state index contributed by atoms with van der Waals surface area (Å²) in [5.74, 6) is -1.40. The van der Waals surface area contributed by atoms with Crippen LogP contribution in [0.15, 0.2) is 91.1 Å². The molecule has 5 aromatic rings. The third-order valence-electron chi connectivity index (χ3n) is 5.05. The average Bonchev–Trinajstić information content (AvgIpc) is 3.27. The van der Waals surface area contributed by atoms with Crippen LogP contribution >= 0.6 is 0 Å². The normalized spacial score (nSPS) is 11.3. The molecule has 0 saturated carbocycles. The minimum atomic E-state index is -4.10. The third kappa shape index (κ3) is 4.94. The van der Waals surface area contributed by atoms with Crippen LogP contribution in [0.1, 0.15) is 5.69 Å². The van der Waals surface area contributed by atoms with Crippen LogP contribution in [0.2, 0.25) is 0 Å². The highest BCUT2D eigenvalue weighted by molar-refractivity contribution is 5.94. The van der Waals surface area contributed by atoms with E-state index < -0.39 is 12.0 Å². The number of amides is 1. The first-order valence-corrected chi connectivity index (χ1v) is 10.8. The van der Waals surface area contributed by atoms with E-state index in [-0.39, 0.29) is 18.2 Å². The number of alkyl halides is 2. The van der Waals surface area contributed by atoms with Gasteiger partial charge in [0.1, 0.15) is 23.7 Å². The van der Waals surface area contributed by atoms with Crippen molar-refractivity contribution in [3.63, 3.8) is 0 Å². The maximum Gasteiger partial charge on any atom is 0.482 e. The second kappa shape index (κ2) is 9.74. The van der Waals surface area contributed by atoms with Gasteiger partial charge in [0, 0.05) is 11.8 Å². The van der Waals surface area contributed by atoms with Gasteiger partial charge < -0.3 is 14.8 Å². The molecule has 0 saturated heterocycles. The van der Waals surface area contributed by atoms with Crippen LogP contribution in [0.25, 0.3) is 16.7 Å². The number of hydrogen-bond acceptors (Lipinski definition) is 7. The van der Waals surface area contributed by atoms with Crippen LogP contribution in [-0.4, -0.2) is 37.0 Å². The molecule has 3 aromatic heterocycles. The summed E-state index contributed by atoms with van der Waals surface area (Å²) in [6.45, 7) is -0.00929. The summed E-state index contributed by atoms with van der Waals surface area (Å²) >= 11 is 0. The molecule has 2 aromatic carbocycles. The third-order valence-corrected chi connectivity index (χ3v) is 5.05. The first-order valence-electron chi connectivity index (χ1n) is 10.8. The topological polar surface area (TPSA) is 104 Å². The zero-order valence-electron chi connectivity index (χ0n) is 18.6. The summed E-state index contributed by atoms with van der Waals surface area (Å²) < 4.78 is 40.9. The number of aromatic nitrogens is 5. The Morgan fingerprint density at radius 3 is 2.50 bits per heavy atom. The number of rotatable bonds is 8. The molecule has 1 amide bonds. The van der Waals surface area contributed by atoms with Gasteiger partial charge in [-0.3, -0.25) is 9.36 Å². The van der Waals surface area contributed by atoms with Crippen LogP contribution in [0.3, 0.4) is 0 Å². The summed E-state index contributed by atoms with van der Waals surface area (Å²) in [6, 6.07) is 23.1. The number of anilines is 1. The molecule has 0 unspecified atom stereocenters. The smallest absolute Gasteiger partial charge is 0.472 e. The fourth-order valence-electron chi connectivity index (χ4n) is 3.45. The molecule has 9 nitrogen and oxygen atoms in total. The minimum absolute atomic E-state index is 0.00929. The van der Waals surface area contributed by atoms with Gasteiger partial charge >= 0.3 is 12.0 Å². The van der Waals surface area contributed by atoms with Gasteiger partial charge in [0.15, 0.2) is 0 Å². The molecule has 3 heterocycles. The van der Waals surface area contributed by atoms with Gasteiger partial charge in [0.2, 0.25) is 5.88 Å². The molecule has 1 N–H and O–H groups in total. The van der Waals surface area contributed by atoms with E-state index in [2.05, 4.69) is 30.4 Å². The van der Waals surface area contributed by atoms with Gasteiger partial charge in [0.25, 0.3) is 0 Å². The van der Waals surface area contributed by atoms with E-state index in [0.29, 0.717) is 22.6 Å². The van der Waals surface area contributed by atoms with Crippen molar-refractivity contribution < 1.29 is 23.0 Å². The monoisotopic (exact) mass is 488 g/mol. The summed E-state index contributed by atoms with van der Waals surface area (Å²) in [4.78, 5) is 16.4. The number of fused-ring (bicyclic) bond motifs is 1. The van der Waals surface area contributed by atoms with Crippen LogP contribution in [-0.2, 0) is 11.4 Å². The lowest BCUT2D eigenvalue weighted by atomic mass is 10.3. The molecule has 36 heavy (non-hydrogen) atoms. The van der Waals surface area contributed by atoms with E-state index in [1.54, 1.807) is 30.5 Å². The Bertz CT molecular complexity index is 1500. The molecule has 0 bridgehead atoms. The molecule has 0 aliphatic carbocycles. The van der Waals surface area contributed by atoms with Crippen LogP contribution in [0.4, 0.5) is 14.6 Å². The number of nitrogens with one attached hydrogen (secondary N) is 1. The van der Waals surface area contributed by atoms with E-state index in [0.717, 1.165) is 5.69 Å². The summed E-state index contributed by atoms with van der Waals surface area (Å²) in [7, 11) is 0. The highest BCUT2D eigenvalue weighted by Gasteiger charge is 2.42. The van der Waals surface area contributed by atoms with Crippen molar-refractivity contribution in [2.75, 3.05) is 5.32 Å². The number of benzene rings is 2. The first kappa shape index (κ1) is 22.8. The minimum Gasteiger partial charge on any atom is -0.472 e. The molecule has 0 spiro atoms. The Morgan fingerprint density at radius 2 is 1.72 bits per heavy atom. The summed E-state index contributed by atoms with van der Waals surface area (Å²) in [6.07, 6.45) is -2.52. The van der Waals surface area contributed by atoms with Crippen molar-refractivity contribution in [1.82, 2.24) is 25.0 Å². The molecular formula is C25H18F2N6O3. The SMILES string of the molecule is O=C(Nc1cccc(COc2cc3nnncc3n2-c2ccccc2)n1)C(F)(F)Oc1ccccc1. The van der Waals surface area contributed by atoms with Crippen LogP contribution < -0.4 is 14.8 Å². The largest absolute Gasteiger partial charge is 0.482 e. The molecule has 0 aliphatic rings. The maximum absolute atomic E-state index is 14.3. The van der Waals surface area contributed by atoms with E-state index >= 15 is 0 Å². The Morgan fingerprint density at radius 1 is 0.972 bits per heavy atom. The second-order valence-corrected chi connectivity index (χ2v) is 7.55. The molecule has 180 valence electrons. The Balaban J connectivity index is 1.32. The van der Waals surface area contributed by atoms with Gasteiger partial charge in [0.05, 0.1) is 17.4 Å². The lowest BCUT2D eigenvalue weighted by Gasteiger charge is -2.17. The van der Waals surface area contributed by atoms with Gasteiger partial charge in [-0.05, 0) is 41.6 Å². The van der Waals surface area contributed by atoms with Gasteiger partial charge in [-0.1, -0.05) is 42.5 Å². The number of ether oxygens (including phenoxy) is 2. The number of nitrogens with zero attached hydrogens (tertiary/aromatic N) is 5. The fraction of sp³-hybridized carbons (Fsp3) is 0.0800. The molecule has 0 radical (unpaired) electrons. The lowest BCUT2D eigenvalue weighted by Crippen LogP contribution is -2.40.